The van der Waals surface area contributed by atoms with Gasteiger partial charge in [0.05, 0.1) is 6.54 Å². The van der Waals surface area contributed by atoms with Gasteiger partial charge in [-0.1, -0.05) is 34.1 Å². The molecular formula is C17H16BrFN2O2. The molecule has 0 radical (unpaired) electrons. The summed E-state index contributed by atoms with van der Waals surface area (Å²) in [4.78, 5) is 23.6. The number of rotatable bonds is 6. The predicted molar refractivity (Wildman–Crippen MR) is 89.6 cm³/mol. The van der Waals surface area contributed by atoms with Gasteiger partial charge in [-0.15, -0.1) is 0 Å². The number of carbonyl (C=O) groups is 2. The molecule has 0 aliphatic rings. The van der Waals surface area contributed by atoms with Crippen LogP contribution in [0.5, 0.6) is 0 Å². The van der Waals surface area contributed by atoms with Gasteiger partial charge in [0.15, 0.2) is 0 Å². The van der Waals surface area contributed by atoms with Crippen molar-refractivity contribution in [3.63, 3.8) is 0 Å². The number of benzene rings is 2. The monoisotopic (exact) mass is 378 g/mol. The van der Waals surface area contributed by atoms with Crippen LogP contribution in [0.15, 0.2) is 53.0 Å². The molecule has 0 aliphatic carbocycles. The molecule has 2 amide bonds. The molecule has 0 aliphatic heterocycles. The van der Waals surface area contributed by atoms with Crippen LogP contribution < -0.4 is 10.6 Å². The molecule has 0 heterocycles. The van der Waals surface area contributed by atoms with Crippen molar-refractivity contribution in [2.24, 2.45) is 0 Å². The number of carbonyl (C=O) groups excluding carboxylic acids is 2. The standard InChI is InChI=1S/C17H16BrFN2O2/c18-14-5-2-4-13(10-14)17(23)21-11-16(22)20-8-7-12-3-1-6-15(19)9-12/h1-6,9-10H,7-8,11H2,(H,20,22)(H,21,23). The van der Waals surface area contributed by atoms with Gasteiger partial charge in [0.1, 0.15) is 5.82 Å². The summed E-state index contributed by atoms with van der Waals surface area (Å²) in [6.07, 6.45) is 0.531. The normalized spacial score (nSPS) is 10.2. The molecule has 0 spiro atoms. The van der Waals surface area contributed by atoms with Crippen molar-refractivity contribution < 1.29 is 14.0 Å². The van der Waals surface area contributed by atoms with E-state index in [0.29, 0.717) is 18.5 Å². The molecule has 2 aromatic rings. The van der Waals surface area contributed by atoms with Gasteiger partial charge in [0, 0.05) is 16.6 Å². The SMILES string of the molecule is O=C(CNC(=O)c1cccc(Br)c1)NCCc1cccc(F)c1. The maximum absolute atomic E-state index is 13.0. The largest absolute Gasteiger partial charge is 0.354 e. The van der Waals surface area contributed by atoms with Gasteiger partial charge in [-0.05, 0) is 42.3 Å². The third kappa shape index (κ3) is 5.83. The summed E-state index contributed by atoms with van der Waals surface area (Å²) in [5.74, 6) is -0.897. The van der Waals surface area contributed by atoms with E-state index in [1.165, 1.54) is 12.1 Å². The highest BCUT2D eigenvalue weighted by molar-refractivity contribution is 9.10. The molecule has 2 aromatic carbocycles. The number of nitrogens with one attached hydrogen (secondary N) is 2. The topological polar surface area (TPSA) is 58.2 Å². The second-order valence-corrected chi connectivity index (χ2v) is 5.84. The lowest BCUT2D eigenvalue weighted by molar-refractivity contribution is -0.120. The van der Waals surface area contributed by atoms with Crippen LogP contribution in [0.25, 0.3) is 0 Å². The first kappa shape index (κ1) is 17.1. The van der Waals surface area contributed by atoms with Gasteiger partial charge in [0.25, 0.3) is 5.91 Å². The van der Waals surface area contributed by atoms with E-state index in [0.717, 1.165) is 10.0 Å². The minimum Gasteiger partial charge on any atom is -0.354 e. The Balaban J connectivity index is 1.72. The Morgan fingerprint density at radius 2 is 1.83 bits per heavy atom. The molecule has 23 heavy (non-hydrogen) atoms. The Morgan fingerprint density at radius 3 is 2.57 bits per heavy atom. The molecular weight excluding hydrogens is 363 g/mol. The van der Waals surface area contributed by atoms with E-state index < -0.39 is 0 Å². The third-order valence-electron chi connectivity index (χ3n) is 3.12. The van der Waals surface area contributed by atoms with Gasteiger partial charge >= 0.3 is 0 Å². The Morgan fingerprint density at radius 1 is 1.04 bits per heavy atom. The quantitative estimate of drug-likeness (QED) is 0.811. The number of hydrogen-bond acceptors (Lipinski definition) is 2. The second-order valence-electron chi connectivity index (χ2n) is 4.92. The molecule has 0 atom stereocenters. The third-order valence-corrected chi connectivity index (χ3v) is 3.61. The number of hydrogen-bond donors (Lipinski definition) is 2. The van der Waals surface area contributed by atoms with Crippen LogP contribution in [-0.2, 0) is 11.2 Å². The first-order valence-corrected chi connectivity index (χ1v) is 7.89. The zero-order chi connectivity index (χ0) is 16.7. The van der Waals surface area contributed by atoms with Gasteiger partial charge < -0.3 is 10.6 Å². The molecule has 0 bridgehead atoms. The first-order valence-electron chi connectivity index (χ1n) is 7.09. The molecule has 0 saturated heterocycles. The summed E-state index contributed by atoms with van der Waals surface area (Å²) in [6, 6.07) is 13.1. The molecule has 0 saturated carbocycles. The maximum Gasteiger partial charge on any atom is 0.251 e. The van der Waals surface area contributed by atoms with E-state index >= 15 is 0 Å². The summed E-state index contributed by atoms with van der Waals surface area (Å²) >= 11 is 3.29. The van der Waals surface area contributed by atoms with Crippen molar-refractivity contribution in [3.8, 4) is 0 Å². The number of halogens is 2. The minimum atomic E-state index is -0.313. The molecule has 2 rings (SSSR count). The van der Waals surface area contributed by atoms with Gasteiger partial charge in [-0.25, -0.2) is 4.39 Å². The summed E-state index contributed by atoms with van der Waals surface area (Å²) in [5.41, 5.74) is 1.29. The zero-order valence-corrected chi connectivity index (χ0v) is 13.9. The molecule has 0 aromatic heterocycles. The Labute approximate surface area is 142 Å². The van der Waals surface area contributed by atoms with Crippen molar-refractivity contribution in [3.05, 3.63) is 69.9 Å². The smallest absolute Gasteiger partial charge is 0.251 e. The lowest BCUT2D eigenvalue weighted by atomic mass is 10.1. The molecule has 4 nitrogen and oxygen atoms in total. The molecule has 0 fully saturated rings. The van der Waals surface area contributed by atoms with E-state index in [9.17, 15) is 14.0 Å². The fourth-order valence-electron chi connectivity index (χ4n) is 1.99. The van der Waals surface area contributed by atoms with Crippen LogP contribution in [0.4, 0.5) is 4.39 Å². The second kappa shape index (κ2) is 8.43. The molecule has 6 heteroatoms. The van der Waals surface area contributed by atoms with E-state index in [2.05, 4.69) is 26.6 Å². The minimum absolute atomic E-state index is 0.103. The summed E-state index contributed by atoms with van der Waals surface area (Å²) in [5, 5.41) is 5.24. The van der Waals surface area contributed by atoms with Crippen molar-refractivity contribution >= 4 is 27.7 Å². The van der Waals surface area contributed by atoms with Crippen LogP contribution in [0.3, 0.4) is 0 Å². The Bertz CT molecular complexity index is 706. The zero-order valence-electron chi connectivity index (χ0n) is 12.3. The Kier molecular flexibility index (Phi) is 6.29. The van der Waals surface area contributed by atoms with Crippen LogP contribution in [0, 0.1) is 5.82 Å². The molecule has 2 N–H and O–H groups in total. The lowest BCUT2D eigenvalue weighted by Gasteiger charge is -2.07. The average molecular weight is 379 g/mol. The first-order chi connectivity index (χ1) is 11.0. The van der Waals surface area contributed by atoms with Crippen LogP contribution in [-0.4, -0.2) is 24.9 Å². The highest BCUT2D eigenvalue weighted by atomic mass is 79.9. The molecule has 0 unspecified atom stereocenters. The van der Waals surface area contributed by atoms with E-state index in [1.54, 1.807) is 30.3 Å². The van der Waals surface area contributed by atoms with Crippen molar-refractivity contribution in [1.82, 2.24) is 10.6 Å². The highest BCUT2D eigenvalue weighted by Gasteiger charge is 2.08. The summed E-state index contributed by atoms with van der Waals surface area (Å²) < 4.78 is 13.8. The number of amides is 2. The van der Waals surface area contributed by atoms with E-state index in [-0.39, 0.29) is 24.2 Å². The molecule has 120 valence electrons. The van der Waals surface area contributed by atoms with E-state index in [4.69, 9.17) is 0 Å². The van der Waals surface area contributed by atoms with Crippen molar-refractivity contribution in [2.75, 3.05) is 13.1 Å². The fraction of sp³-hybridized carbons (Fsp3) is 0.176. The lowest BCUT2D eigenvalue weighted by Crippen LogP contribution is -2.37. The summed E-state index contributed by atoms with van der Waals surface area (Å²) in [6.45, 7) is 0.281. The predicted octanol–water partition coefficient (Wildman–Crippen LogP) is 2.68. The maximum atomic E-state index is 13.0. The Hall–Kier alpha value is -2.21. The summed E-state index contributed by atoms with van der Waals surface area (Å²) in [7, 11) is 0. The van der Waals surface area contributed by atoms with Crippen LogP contribution in [0.2, 0.25) is 0 Å². The van der Waals surface area contributed by atoms with Gasteiger partial charge in [-0.2, -0.15) is 0 Å². The average Bonchev–Trinajstić information content (AvgIpc) is 2.52. The van der Waals surface area contributed by atoms with E-state index in [1.807, 2.05) is 6.07 Å². The van der Waals surface area contributed by atoms with Gasteiger partial charge in [-0.3, -0.25) is 9.59 Å². The van der Waals surface area contributed by atoms with Gasteiger partial charge in [0.2, 0.25) is 5.91 Å². The van der Waals surface area contributed by atoms with Crippen molar-refractivity contribution in [1.29, 1.82) is 0 Å². The van der Waals surface area contributed by atoms with Crippen LogP contribution in [0.1, 0.15) is 15.9 Å². The van der Waals surface area contributed by atoms with Crippen molar-refractivity contribution in [2.45, 2.75) is 6.42 Å². The van der Waals surface area contributed by atoms with Crippen LogP contribution >= 0.6 is 15.9 Å². The highest BCUT2D eigenvalue weighted by Crippen LogP contribution is 2.11. The fourth-order valence-corrected chi connectivity index (χ4v) is 2.39.